The van der Waals surface area contributed by atoms with Crippen LogP contribution in [0.1, 0.15) is 25.6 Å². The van der Waals surface area contributed by atoms with E-state index in [1.54, 1.807) is 12.1 Å². The van der Waals surface area contributed by atoms with Gasteiger partial charge in [0.2, 0.25) is 0 Å². The molecule has 1 aromatic heterocycles. The van der Waals surface area contributed by atoms with Gasteiger partial charge in [-0.2, -0.15) is 0 Å². The molecule has 1 N–H and O–H groups in total. The highest BCUT2D eigenvalue weighted by molar-refractivity contribution is 5.75. The minimum absolute atomic E-state index is 0.0578. The van der Waals surface area contributed by atoms with Crippen molar-refractivity contribution < 1.29 is 9.50 Å². The molecule has 0 spiro atoms. The Morgan fingerprint density at radius 2 is 1.61 bits per heavy atom. The molecule has 0 aliphatic carbocycles. The van der Waals surface area contributed by atoms with Crippen molar-refractivity contribution in [3.05, 3.63) is 72.2 Å². The number of benzene rings is 2. The van der Waals surface area contributed by atoms with Gasteiger partial charge < -0.3 is 9.67 Å². The Hall–Kier alpha value is -2.39. The van der Waals surface area contributed by atoms with Gasteiger partial charge in [0.05, 0.1) is 12.3 Å². The predicted octanol–water partition coefficient (Wildman–Crippen LogP) is 5.03. The number of hydrogen-bond donors (Lipinski definition) is 1. The van der Waals surface area contributed by atoms with Crippen LogP contribution in [-0.2, 0) is 6.61 Å². The summed E-state index contributed by atoms with van der Waals surface area (Å²) in [6, 6.07) is 18.8. The highest BCUT2D eigenvalue weighted by Gasteiger charge is 2.18. The molecule has 1 heterocycles. The second-order valence-electron chi connectivity index (χ2n) is 5.88. The minimum atomic E-state index is -0.258. The number of hydrogen-bond acceptors (Lipinski definition) is 1. The average Bonchev–Trinajstić information content (AvgIpc) is 2.96. The zero-order chi connectivity index (χ0) is 16.4. The number of aliphatic hydroxyl groups is 1. The van der Waals surface area contributed by atoms with Crippen molar-refractivity contribution in [1.29, 1.82) is 0 Å². The minimum Gasteiger partial charge on any atom is -0.390 e. The van der Waals surface area contributed by atoms with Crippen LogP contribution in [0.15, 0.2) is 60.7 Å². The summed E-state index contributed by atoms with van der Waals surface area (Å²) in [5.41, 5.74) is 4.87. The summed E-state index contributed by atoms with van der Waals surface area (Å²) >= 11 is 0. The van der Waals surface area contributed by atoms with E-state index in [1.807, 2.05) is 18.2 Å². The van der Waals surface area contributed by atoms with Gasteiger partial charge >= 0.3 is 0 Å². The quantitative estimate of drug-likeness (QED) is 0.718. The SMILES string of the molecule is CC(C)n1c(-c2ccccc2)cc(-c2ccc(F)cc2)c1CO. The first kappa shape index (κ1) is 15.5. The molecule has 3 heteroatoms. The van der Waals surface area contributed by atoms with Crippen LogP contribution >= 0.6 is 0 Å². The number of nitrogens with zero attached hydrogens (tertiary/aromatic N) is 1. The van der Waals surface area contributed by atoms with Gasteiger partial charge in [-0.15, -0.1) is 0 Å². The zero-order valence-corrected chi connectivity index (χ0v) is 13.3. The molecule has 118 valence electrons. The van der Waals surface area contributed by atoms with Gasteiger partial charge in [-0.05, 0) is 43.2 Å². The third-order valence-corrected chi connectivity index (χ3v) is 4.03. The highest BCUT2D eigenvalue weighted by Crippen LogP contribution is 2.35. The van der Waals surface area contributed by atoms with E-state index >= 15 is 0 Å². The maximum absolute atomic E-state index is 13.2. The lowest BCUT2D eigenvalue weighted by Gasteiger charge is -2.17. The lowest BCUT2D eigenvalue weighted by Crippen LogP contribution is -2.07. The van der Waals surface area contributed by atoms with Gasteiger partial charge in [-0.3, -0.25) is 0 Å². The van der Waals surface area contributed by atoms with Gasteiger partial charge in [0.25, 0.3) is 0 Å². The number of halogens is 1. The molecular weight excluding hydrogens is 289 g/mol. The van der Waals surface area contributed by atoms with Crippen molar-refractivity contribution in [2.24, 2.45) is 0 Å². The normalized spacial score (nSPS) is 11.2. The van der Waals surface area contributed by atoms with Crippen molar-refractivity contribution in [3.63, 3.8) is 0 Å². The van der Waals surface area contributed by atoms with Crippen LogP contribution in [0.2, 0.25) is 0 Å². The van der Waals surface area contributed by atoms with Crippen molar-refractivity contribution >= 4 is 0 Å². The van der Waals surface area contributed by atoms with Crippen LogP contribution in [0.4, 0.5) is 4.39 Å². The first-order valence-corrected chi connectivity index (χ1v) is 7.78. The van der Waals surface area contributed by atoms with Crippen LogP contribution in [0.25, 0.3) is 22.4 Å². The summed E-state index contributed by atoms with van der Waals surface area (Å²) in [5.74, 6) is -0.258. The summed E-state index contributed by atoms with van der Waals surface area (Å²) in [4.78, 5) is 0. The van der Waals surface area contributed by atoms with Gasteiger partial charge in [-0.1, -0.05) is 42.5 Å². The lowest BCUT2D eigenvalue weighted by atomic mass is 10.0. The van der Waals surface area contributed by atoms with E-state index in [0.29, 0.717) is 0 Å². The monoisotopic (exact) mass is 309 g/mol. The van der Waals surface area contributed by atoms with Crippen LogP contribution < -0.4 is 0 Å². The second kappa shape index (κ2) is 6.39. The Bertz CT molecular complexity index is 789. The molecule has 0 fully saturated rings. The molecule has 23 heavy (non-hydrogen) atoms. The first-order valence-electron chi connectivity index (χ1n) is 7.78. The van der Waals surface area contributed by atoms with Crippen molar-refractivity contribution in [2.75, 3.05) is 0 Å². The van der Waals surface area contributed by atoms with Gasteiger partial charge in [0.15, 0.2) is 0 Å². The molecular formula is C20H20FNO. The molecule has 0 saturated carbocycles. The smallest absolute Gasteiger partial charge is 0.123 e. The van der Waals surface area contributed by atoms with Crippen molar-refractivity contribution in [2.45, 2.75) is 26.5 Å². The first-order chi connectivity index (χ1) is 11.1. The predicted molar refractivity (Wildman–Crippen MR) is 91.6 cm³/mol. The molecule has 0 saturated heterocycles. The molecule has 0 bridgehead atoms. The van der Waals surface area contributed by atoms with Gasteiger partial charge in [0, 0.05) is 17.3 Å². The Balaban J connectivity index is 2.23. The third-order valence-electron chi connectivity index (χ3n) is 4.03. The second-order valence-corrected chi connectivity index (χ2v) is 5.88. The van der Waals surface area contributed by atoms with Crippen molar-refractivity contribution in [1.82, 2.24) is 4.57 Å². The number of aromatic nitrogens is 1. The molecule has 0 amide bonds. The van der Waals surface area contributed by atoms with E-state index in [9.17, 15) is 9.50 Å². The summed E-state index contributed by atoms with van der Waals surface area (Å²) in [5, 5.41) is 9.93. The van der Waals surface area contributed by atoms with E-state index < -0.39 is 0 Å². The third kappa shape index (κ3) is 2.92. The fourth-order valence-electron chi connectivity index (χ4n) is 3.03. The maximum Gasteiger partial charge on any atom is 0.123 e. The summed E-state index contributed by atoms with van der Waals surface area (Å²) in [6.45, 7) is 4.14. The van der Waals surface area contributed by atoms with E-state index in [0.717, 1.165) is 28.1 Å². The summed E-state index contributed by atoms with van der Waals surface area (Å²) in [7, 11) is 0. The lowest BCUT2D eigenvalue weighted by molar-refractivity contribution is 0.269. The zero-order valence-electron chi connectivity index (χ0n) is 13.3. The van der Waals surface area contributed by atoms with E-state index in [2.05, 4.69) is 36.6 Å². The number of aliphatic hydroxyl groups excluding tert-OH is 1. The molecule has 0 unspecified atom stereocenters. The van der Waals surface area contributed by atoms with E-state index in [-0.39, 0.29) is 18.5 Å². The molecule has 2 aromatic carbocycles. The highest BCUT2D eigenvalue weighted by atomic mass is 19.1. The van der Waals surface area contributed by atoms with Crippen LogP contribution in [0.5, 0.6) is 0 Å². The summed E-state index contributed by atoms with van der Waals surface area (Å²) in [6.07, 6.45) is 0. The molecule has 3 rings (SSSR count). The molecule has 0 aliphatic rings. The van der Waals surface area contributed by atoms with E-state index in [1.165, 1.54) is 12.1 Å². The molecule has 0 radical (unpaired) electrons. The molecule has 0 atom stereocenters. The molecule has 0 aliphatic heterocycles. The Labute approximate surface area is 135 Å². The molecule has 3 aromatic rings. The Kier molecular flexibility index (Phi) is 4.30. The fourth-order valence-corrected chi connectivity index (χ4v) is 3.03. The van der Waals surface area contributed by atoms with Gasteiger partial charge in [-0.25, -0.2) is 4.39 Å². The Morgan fingerprint density at radius 1 is 0.957 bits per heavy atom. The standard InChI is InChI=1S/C20H20FNO/c1-14(2)22-19(16-6-4-3-5-7-16)12-18(20(22)13-23)15-8-10-17(21)11-9-15/h3-12,14,23H,13H2,1-2H3. The molecule has 2 nitrogen and oxygen atoms in total. The largest absolute Gasteiger partial charge is 0.390 e. The topological polar surface area (TPSA) is 25.2 Å². The fraction of sp³-hybridized carbons (Fsp3) is 0.200. The van der Waals surface area contributed by atoms with Crippen LogP contribution in [0, 0.1) is 5.82 Å². The van der Waals surface area contributed by atoms with Crippen LogP contribution in [0.3, 0.4) is 0 Å². The summed E-state index contributed by atoms with van der Waals surface area (Å²) < 4.78 is 15.4. The maximum atomic E-state index is 13.2. The average molecular weight is 309 g/mol. The van der Waals surface area contributed by atoms with Crippen molar-refractivity contribution in [3.8, 4) is 22.4 Å². The number of rotatable bonds is 4. The Morgan fingerprint density at radius 3 is 2.17 bits per heavy atom. The van der Waals surface area contributed by atoms with Gasteiger partial charge in [0.1, 0.15) is 5.82 Å². The van der Waals surface area contributed by atoms with Crippen LogP contribution in [-0.4, -0.2) is 9.67 Å². The van der Waals surface area contributed by atoms with E-state index in [4.69, 9.17) is 0 Å².